The van der Waals surface area contributed by atoms with E-state index in [1.165, 1.54) is 21.6 Å². The Morgan fingerprint density at radius 1 is 1.06 bits per heavy atom. The second-order valence-electron chi connectivity index (χ2n) is 4.35. The maximum atomic E-state index is 8.83. The van der Waals surface area contributed by atoms with E-state index in [0.29, 0.717) is 0 Å². The molecule has 2 aromatic carbocycles. The summed E-state index contributed by atoms with van der Waals surface area (Å²) in [4.78, 5) is 1.28. The van der Waals surface area contributed by atoms with Crippen molar-refractivity contribution in [2.75, 3.05) is 0 Å². The highest BCUT2D eigenvalue weighted by Gasteiger charge is 2.01. The molecule has 0 saturated heterocycles. The van der Waals surface area contributed by atoms with Crippen LogP contribution in [0.4, 0.5) is 0 Å². The number of nitrogens with zero attached hydrogens (tertiary/aromatic N) is 1. The van der Waals surface area contributed by atoms with Gasteiger partial charge in [-0.15, -0.1) is 11.8 Å². The number of benzene rings is 2. The van der Waals surface area contributed by atoms with Crippen molar-refractivity contribution in [2.24, 2.45) is 0 Å². The van der Waals surface area contributed by atoms with Crippen LogP contribution in [0.15, 0.2) is 47.4 Å². The largest absolute Gasteiger partial charge is 0.192 e. The molecule has 0 aliphatic rings. The first-order valence-corrected chi connectivity index (χ1v) is 6.86. The van der Waals surface area contributed by atoms with Gasteiger partial charge < -0.3 is 0 Å². The van der Waals surface area contributed by atoms with Gasteiger partial charge in [0.15, 0.2) is 0 Å². The highest BCUT2D eigenvalue weighted by Crippen LogP contribution is 2.24. The van der Waals surface area contributed by atoms with E-state index in [1.807, 2.05) is 23.9 Å². The summed E-state index contributed by atoms with van der Waals surface area (Å²) in [7, 11) is 0. The topological polar surface area (TPSA) is 23.8 Å². The molecule has 0 atom stereocenters. The van der Waals surface area contributed by atoms with E-state index < -0.39 is 0 Å². The maximum Gasteiger partial charge on any atom is 0.0991 e. The molecule has 0 aliphatic carbocycles. The van der Waals surface area contributed by atoms with Gasteiger partial charge in [0.25, 0.3) is 0 Å². The highest BCUT2D eigenvalue weighted by molar-refractivity contribution is 7.98. The zero-order chi connectivity index (χ0) is 13.0. The minimum Gasteiger partial charge on any atom is -0.192 e. The third-order valence-electron chi connectivity index (χ3n) is 2.89. The van der Waals surface area contributed by atoms with Gasteiger partial charge in [-0.25, -0.2) is 0 Å². The molecule has 0 fully saturated rings. The van der Waals surface area contributed by atoms with Gasteiger partial charge in [0.1, 0.15) is 0 Å². The third kappa shape index (κ3) is 3.15. The molecule has 0 N–H and O–H groups in total. The number of thioether (sulfide) groups is 1. The number of hydrogen-bond acceptors (Lipinski definition) is 2. The Labute approximate surface area is 112 Å². The van der Waals surface area contributed by atoms with Crippen molar-refractivity contribution in [1.29, 1.82) is 5.26 Å². The van der Waals surface area contributed by atoms with Gasteiger partial charge in [0.2, 0.25) is 0 Å². The molecule has 0 amide bonds. The number of rotatable bonds is 3. The summed E-state index contributed by atoms with van der Waals surface area (Å²) in [5.74, 6) is 0.945. The summed E-state index contributed by atoms with van der Waals surface area (Å²) in [6.07, 6.45) is 0. The summed E-state index contributed by atoms with van der Waals surface area (Å²) in [6, 6.07) is 16.6. The Hall–Kier alpha value is -1.72. The van der Waals surface area contributed by atoms with Crippen LogP contribution in [0.3, 0.4) is 0 Å². The summed E-state index contributed by atoms with van der Waals surface area (Å²) in [6.45, 7) is 4.16. The number of nitriles is 1. The molecule has 90 valence electrons. The minimum atomic E-state index is 0.733. The summed E-state index contributed by atoms with van der Waals surface area (Å²) in [5, 5.41) is 8.83. The second-order valence-corrected chi connectivity index (χ2v) is 5.40. The van der Waals surface area contributed by atoms with Gasteiger partial charge in [-0.05, 0) is 49.2 Å². The van der Waals surface area contributed by atoms with Gasteiger partial charge in [-0.1, -0.05) is 23.8 Å². The lowest BCUT2D eigenvalue weighted by atomic mass is 10.1. The average Bonchev–Trinajstić information content (AvgIpc) is 2.39. The highest BCUT2D eigenvalue weighted by atomic mass is 32.2. The standard InChI is InChI=1S/C16H15NS/c1-12-3-7-16(8-4-12)18-11-15-6-5-14(10-17)9-13(15)2/h3-9H,11H2,1-2H3. The van der Waals surface area contributed by atoms with Gasteiger partial charge in [-0.3, -0.25) is 0 Å². The van der Waals surface area contributed by atoms with Crippen molar-refractivity contribution < 1.29 is 0 Å². The first kappa shape index (κ1) is 12.7. The molecule has 1 nitrogen and oxygen atoms in total. The van der Waals surface area contributed by atoms with Crippen molar-refractivity contribution in [3.05, 3.63) is 64.7 Å². The van der Waals surface area contributed by atoms with Crippen molar-refractivity contribution in [1.82, 2.24) is 0 Å². The molecular weight excluding hydrogens is 238 g/mol. The fraction of sp³-hybridized carbons (Fsp3) is 0.188. The van der Waals surface area contributed by atoms with Gasteiger partial charge in [0.05, 0.1) is 11.6 Å². The van der Waals surface area contributed by atoms with Crippen LogP contribution in [0.5, 0.6) is 0 Å². The third-order valence-corrected chi connectivity index (χ3v) is 3.95. The van der Waals surface area contributed by atoms with Crippen LogP contribution in [-0.4, -0.2) is 0 Å². The van der Waals surface area contributed by atoms with E-state index >= 15 is 0 Å². The number of aryl methyl sites for hydroxylation is 2. The molecule has 2 heteroatoms. The average molecular weight is 253 g/mol. The molecule has 2 aromatic rings. The SMILES string of the molecule is Cc1ccc(SCc2ccc(C#N)cc2C)cc1. The lowest BCUT2D eigenvalue weighted by Crippen LogP contribution is -1.88. The van der Waals surface area contributed by atoms with Crippen LogP contribution in [0, 0.1) is 25.2 Å². The Morgan fingerprint density at radius 2 is 1.78 bits per heavy atom. The van der Waals surface area contributed by atoms with E-state index in [9.17, 15) is 0 Å². The molecule has 18 heavy (non-hydrogen) atoms. The molecular formula is C16H15NS. The lowest BCUT2D eigenvalue weighted by Gasteiger charge is -2.06. The maximum absolute atomic E-state index is 8.83. The quantitative estimate of drug-likeness (QED) is 0.754. The molecule has 0 heterocycles. The summed E-state index contributed by atoms with van der Waals surface area (Å²) >= 11 is 1.83. The van der Waals surface area contributed by atoms with E-state index in [4.69, 9.17) is 5.26 Å². The van der Waals surface area contributed by atoms with Crippen LogP contribution >= 0.6 is 11.8 Å². The zero-order valence-corrected chi connectivity index (χ0v) is 11.4. The fourth-order valence-corrected chi connectivity index (χ4v) is 2.70. The molecule has 0 radical (unpaired) electrons. The normalized spacial score (nSPS) is 10.1. The van der Waals surface area contributed by atoms with Crippen molar-refractivity contribution in [2.45, 2.75) is 24.5 Å². The van der Waals surface area contributed by atoms with E-state index in [0.717, 1.165) is 11.3 Å². The Kier molecular flexibility index (Phi) is 4.07. The lowest BCUT2D eigenvalue weighted by molar-refractivity contribution is 1.28. The van der Waals surface area contributed by atoms with E-state index in [1.54, 1.807) is 0 Å². The smallest absolute Gasteiger partial charge is 0.0991 e. The predicted molar refractivity (Wildman–Crippen MR) is 76.6 cm³/mol. The molecule has 0 aromatic heterocycles. The monoisotopic (exact) mass is 253 g/mol. The summed E-state index contributed by atoms with van der Waals surface area (Å²) < 4.78 is 0. The van der Waals surface area contributed by atoms with Gasteiger partial charge in [-0.2, -0.15) is 5.26 Å². The Balaban J connectivity index is 2.06. The first-order valence-electron chi connectivity index (χ1n) is 5.88. The fourth-order valence-electron chi connectivity index (χ4n) is 1.72. The van der Waals surface area contributed by atoms with Crippen molar-refractivity contribution in [3.8, 4) is 6.07 Å². The van der Waals surface area contributed by atoms with Crippen LogP contribution in [0.25, 0.3) is 0 Å². The predicted octanol–water partition coefficient (Wildman–Crippen LogP) is 4.47. The molecule has 0 bridgehead atoms. The zero-order valence-electron chi connectivity index (χ0n) is 10.6. The molecule has 0 spiro atoms. The van der Waals surface area contributed by atoms with Crippen molar-refractivity contribution in [3.63, 3.8) is 0 Å². The molecule has 2 rings (SSSR count). The second kappa shape index (κ2) is 5.75. The van der Waals surface area contributed by atoms with Crippen molar-refractivity contribution >= 4 is 11.8 Å². The molecule has 0 saturated carbocycles. The van der Waals surface area contributed by atoms with Crippen LogP contribution in [0.1, 0.15) is 22.3 Å². The van der Waals surface area contributed by atoms with E-state index in [-0.39, 0.29) is 0 Å². The van der Waals surface area contributed by atoms with Gasteiger partial charge >= 0.3 is 0 Å². The van der Waals surface area contributed by atoms with Crippen LogP contribution < -0.4 is 0 Å². The molecule has 0 unspecified atom stereocenters. The number of hydrogen-bond donors (Lipinski definition) is 0. The van der Waals surface area contributed by atoms with E-state index in [2.05, 4.69) is 50.2 Å². The Morgan fingerprint density at radius 3 is 2.39 bits per heavy atom. The molecule has 0 aliphatic heterocycles. The first-order chi connectivity index (χ1) is 8.69. The van der Waals surface area contributed by atoms with Gasteiger partial charge in [0, 0.05) is 10.6 Å². The van der Waals surface area contributed by atoms with Crippen LogP contribution in [-0.2, 0) is 5.75 Å². The minimum absolute atomic E-state index is 0.733. The Bertz CT molecular complexity index is 579. The van der Waals surface area contributed by atoms with Crippen LogP contribution in [0.2, 0.25) is 0 Å². The summed E-state index contributed by atoms with van der Waals surface area (Å²) in [5.41, 5.74) is 4.50.